The Hall–Kier alpha value is -2.01. The first-order chi connectivity index (χ1) is 12.8. The number of amides is 1. The van der Waals surface area contributed by atoms with Crippen LogP contribution < -0.4 is 5.32 Å². The molecule has 0 saturated carbocycles. The van der Waals surface area contributed by atoms with Crippen molar-refractivity contribution >= 4 is 17.0 Å². The molecule has 5 nitrogen and oxygen atoms in total. The Labute approximate surface area is 134 Å². The lowest BCUT2D eigenvalue weighted by Gasteiger charge is -2.09. The number of carbonyl (C=O) groups excluding carboxylic acids is 1. The molecule has 1 aliphatic rings. The summed E-state index contributed by atoms with van der Waals surface area (Å²) in [6, 6.07) is 2.75. The van der Waals surface area contributed by atoms with Gasteiger partial charge in [0.2, 0.25) is 0 Å². The summed E-state index contributed by atoms with van der Waals surface area (Å²) in [5, 5.41) is 2.51. The third kappa shape index (κ3) is 3.19. The molecule has 0 bridgehead atoms. The molecule has 2 N–H and O–H groups in total. The molecule has 3 rings (SSSR count). The lowest BCUT2D eigenvalue weighted by Crippen LogP contribution is -2.28. The van der Waals surface area contributed by atoms with E-state index in [0.717, 1.165) is 0 Å². The summed E-state index contributed by atoms with van der Waals surface area (Å²) in [6.07, 6.45) is -5.36. The molecule has 1 aromatic carbocycles. The highest BCUT2D eigenvalue weighted by atomic mass is 16.6. The van der Waals surface area contributed by atoms with Gasteiger partial charge in [0.05, 0.1) is 10.2 Å². The fraction of sp³-hybridized carbons (Fsp3) is 0.438. The van der Waals surface area contributed by atoms with Gasteiger partial charge in [-0.05, 0) is 50.1 Å². The first-order valence-electron chi connectivity index (χ1n) is 10.0. The normalized spacial score (nSPS) is 26.9. The van der Waals surface area contributed by atoms with Crippen LogP contribution in [0, 0.1) is 0 Å². The maximum absolute atomic E-state index is 11.4. The molecule has 0 unspecified atom stereocenters. The Morgan fingerprint density at radius 1 is 1.57 bits per heavy atom. The molecule has 1 aromatic heterocycles. The van der Waals surface area contributed by atoms with Crippen LogP contribution in [0.3, 0.4) is 0 Å². The second-order valence-electron chi connectivity index (χ2n) is 5.03. The number of aromatic amines is 1. The zero-order valence-electron chi connectivity index (χ0n) is 18.8. The highest BCUT2D eigenvalue weighted by Crippen LogP contribution is 2.21. The molecular weight excluding hydrogens is 266 g/mol. The number of hydrogen-bond acceptors (Lipinski definition) is 3. The van der Waals surface area contributed by atoms with E-state index in [1.807, 2.05) is 0 Å². The molecule has 0 aliphatic carbocycles. The zero-order chi connectivity index (χ0) is 21.1. The number of cyclic esters (lactones) is 1. The fourth-order valence-electron chi connectivity index (χ4n) is 2.05. The number of rotatable bonds is 5. The minimum Gasteiger partial charge on any atom is -0.447 e. The maximum atomic E-state index is 11.4. The number of likely N-dealkylation sites (N-methyl/N-ethyl adjacent to an activating group) is 1. The predicted molar refractivity (Wildman–Crippen MR) is 82.5 cm³/mol. The molecule has 1 aliphatic heterocycles. The second kappa shape index (κ2) is 5.77. The van der Waals surface area contributed by atoms with E-state index in [-0.39, 0.29) is 23.8 Å². The Bertz CT molecular complexity index is 926. The summed E-state index contributed by atoms with van der Waals surface area (Å²) in [6.45, 7) is -2.52. The van der Waals surface area contributed by atoms with Crippen molar-refractivity contribution in [2.24, 2.45) is 0 Å². The summed E-state index contributed by atoms with van der Waals surface area (Å²) in [7, 11) is 3.43. The van der Waals surface area contributed by atoms with Gasteiger partial charge >= 0.3 is 6.09 Å². The van der Waals surface area contributed by atoms with Gasteiger partial charge in [0, 0.05) is 29.1 Å². The van der Waals surface area contributed by atoms with Crippen molar-refractivity contribution in [2.75, 3.05) is 27.2 Å². The number of nitrogens with zero attached hydrogens (tertiary/aromatic N) is 1. The topological polar surface area (TPSA) is 57.4 Å². The molecule has 112 valence electrons. The van der Waals surface area contributed by atoms with Gasteiger partial charge in [-0.3, -0.25) is 0 Å². The van der Waals surface area contributed by atoms with Gasteiger partial charge in [0.1, 0.15) is 6.56 Å². The van der Waals surface area contributed by atoms with Crippen molar-refractivity contribution < 1.29 is 19.1 Å². The molecule has 1 fully saturated rings. The lowest BCUT2D eigenvalue weighted by atomic mass is 10.0. The van der Waals surface area contributed by atoms with Crippen LogP contribution in [0.4, 0.5) is 4.79 Å². The van der Waals surface area contributed by atoms with Gasteiger partial charge in [-0.25, -0.2) is 4.79 Å². The third-order valence-corrected chi connectivity index (χ3v) is 3.03. The van der Waals surface area contributed by atoms with Crippen LogP contribution in [0.15, 0.2) is 24.4 Å². The number of alkyl carbamates (subject to hydrolysis) is 1. The van der Waals surface area contributed by atoms with Crippen molar-refractivity contribution in [1.29, 1.82) is 0 Å². The number of H-pyrrole nitrogens is 1. The number of benzene rings is 1. The van der Waals surface area contributed by atoms with Crippen LogP contribution in [0.25, 0.3) is 10.9 Å². The molecule has 1 atom stereocenters. The lowest BCUT2D eigenvalue weighted by molar-refractivity contribution is 0.177. The molecule has 2 heterocycles. The van der Waals surface area contributed by atoms with Crippen molar-refractivity contribution in [3.8, 4) is 0 Å². The first kappa shape index (κ1) is 7.84. The highest BCUT2D eigenvalue weighted by molar-refractivity contribution is 5.84. The molecule has 1 amide bonds. The second-order valence-corrected chi connectivity index (χ2v) is 5.03. The molecule has 0 radical (unpaired) electrons. The van der Waals surface area contributed by atoms with E-state index in [0.29, 0.717) is 10.9 Å². The molecule has 1 saturated heterocycles. The number of nitrogens with one attached hydrogen (secondary N) is 2. The van der Waals surface area contributed by atoms with Crippen molar-refractivity contribution in [3.63, 3.8) is 0 Å². The molecular formula is C16H21N3O2. The average Bonchev–Trinajstić information content (AvgIpc) is 3.00. The Balaban J connectivity index is 2.12. The number of fused-ring (bicyclic) bond motifs is 1. The van der Waals surface area contributed by atoms with Gasteiger partial charge < -0.3 is 19.9 Å². The zero-order valence-corrected chi connectivity index (χ0v) is 11.8. The number of aromatic nitrogens is 1. The largest absolute Gasteiger partial charge is 0.447 e. The standard InChI is InChI=1S/C16H21N3O2/c1-19(2)6-5-12-9-17-15-4-3-11(8-14(12)15)7-13-10-21-16(20)18-13/h3-4,8-9,13,17H,5-7,10H2,1-2H3,(H,18,20)/t13-/m0/s1/i5D2,7D2,9D,10D2. The molecule has 5 heteroatoms. The minimum absolute atomic E-state index is 0.0258. The van der Waals surface area contributed by atoms with E-state index in [1.165, 1.54) is 18.2 Å². The molecule has 2 aromatic rings. The van der Waals surface area contributed by atoms with Crippen LogP contribution in [0.1, 0.15) is 20.7 Å². The van der Waals surface area contributed by atoms with Crippen molar-refractivity contribution in [2.45, 2.75) is 18.8 Å². The first-order valence-corrected chi connectivity index (χ1v) is 6.53. The SMILES string of the molecule is [2H]c1[nH]c2ccc(C([2H])([2H])[C@@H]3NC(=O)OC3([2H])[2H])cc2c1C([2H])([2H])CN(C)C. The van der Waals surface area contributed by atoms with E-state index in [4.69, 9.17) is 9.60 Å². The summed E-state index contributed by atoms with van der Waals surface area (Å²) in [5.41, 5.74) is 0.612. The van der Waals surface area contributed by atoms with Crippen LogP contribution in [0.2, 0.25) is 0 Å². The highest BCUT2D eigenvalue weighted by Gasteiger charge is 2.22. The Morgan fingerprint density at radius 2 is 2.43 bits per heavy atom. The van der Waals surface area contributed by atoms with Gasteiger partial charge in [-0.15, -0.1) is 0 Å². The van der Waals surface area contributed by atoms with Gasteiger partial charge in [0.25, 0.3) is 0 Å². The molecule has 21 heavy (non-hydrogen) atoms. The van der Waals surface area contributed by atoms with E-state index in [2.05, 4.69) is 15.0 Å². The van der Waals surface area contributed by atoms with Crippen LogP contribution in [-0.2, 0) is 17.5 Å². The maximum Gasteiger partial charge on any atom is 0.407 e. The van der Waals surface area contributed by atoms with Crippen LogP contribution in [-0.4, -0.2) is 49.2 Å². The summed E-state index contributed by atoms with van der Waals surface area (Å²) >= 11 is 0. The van der Waals surface area contributed by atoms with Gasteiger partial charge in [0.15, 0.2) is 0 Å². The van der Waals surface area contributed by atoms with E-state index >= 15 is 0 Å². The van der Waals surface area contributed by atoms with Gasteiger partial charge in [-0.2, -0.15) is 0 Å². The summed E-state index contributed by atoms with van der Waals surface area (Å²) in [5.74, 6) is 0. The molecule has 0 spiro atoms. The van der Waals surface area contributed by atoms with Crippen LogP contribution >= 0.6 is 0 Å². The monoisotopic (exact) mass is 294 g/mol. The van der Waals surface area contributed by atoms with E-state index in [1.54, 1.807) is 19.0 Å². The van der Waals surface area contributed by atoms with Crippen molar-refractivity contribution in [1.82, 2.24) is 15.2 Å². The van der Waals surface area contributed by atoms with E-state index < -0.39 is 31.4 Å². The Kier molecular flexibility index (Phi) is 2.16. The number of carbonyl (C=O) groups is 1. The van der Waals surface area contributed by atoms with E-state index in [9.17, 15) is 4.79 Å². The fourth-order valence-corrected chi connectivity index (χ4v) is 2.05. The van der Waals surface area contributed by atoms with Crippen molar-refractivity contribution in [3.05, 3.63) is 35.5 Å². The minimum atomic E-state index is -2.55. The third-order valence-electron chi connectivity index (χ3n) is 3.03. The van der Waals surface area contributed by atoms with Crippen LogP contribution in [0.5, 0.6) is 0 Å². The van der Waals surface area contributed by atoms with Gasteiger partial charge in [-0.1, -0.05) is 6.07 Å². The quantitative estimate of drug-likeness (QED) is 0.886. The predicted octanol–water partition coefficient (Wildman–Crippen LogP) is 1.92. The summed E-state index contributed by atoms with van der Waals surface area (Å²) < 4.78 is 61.8. The number of hydrogen-bond donors (Lipinski definition) is 2. The number of ether oxygens (including phenoxy) is 1. The Morgan fingerprint density at radius 3 is 3.14 bits per heavy atom. The summed E-state index contributed by atoms with van der Waals surface area (Å²) in [4.78, 5) is 15.9. The average molecular weight is 294 g/mol. The smallest absolute Gasteiger partial charge is 0.407 e.